The third-order valence-corrected chi connectivity index (χ3v) is 5.76. The van der Waals surface area contributed by atoms with Gasteiger partial charge in [0.15, 0.2) is 5.65 Å². The summed E-state index contributed by atoms with van der Waals surface area (Å²) in [7, 11) is 0. The lowest BCUT2D eigenvalue weighted by Crippen LogP contribution is -2.07. The van der Waals surface area contributed by atoms with Gasteiger partial charge in [-0.25, -0.2) is 9.97 Å². The molecule has 0 saturated carbocycles. The van der Waals surface area contributed by atoms with E-state index in [1.807, 2.05) is 83.4 Å². The summed E-state index contributed by atoms with van der Waals surface area (Å²) in [6, 6.07) is 27.7. The molecule has 5 nitrogen and oxygen atoms in total. The van der Waals surface area contributed by atoms with Gasteiger partial charge in [-0.2, -0.15) is 0 Å². The molecule has 168 valence electrons. The number of rotatable bonds is 6. The van der Waals surface area contributed by atoms with Gasteiger partial charge in [0.1, 0.15) is 5.69 Å². The van der Waals surface area contributed by atoms with Crippen molar-refractivity contribution in [2.75, 3.05) is 0 Å². The third-order valence-electron chi connectivity index (χ3n) is 5.51. The van der Waals surface area contributed by atoms with E-state index < -0.39 is 5.97 Å². The topological polar surface area (TPSA) is 56.5 Å². The van der Waals surface area contributed by atoms with Crippen molar-refractivity contribution < 1.29 is 9.53 Å². The van der Waals surface area contributed by atoms with Gasteiger partial charge < -0.3 is 4.74 Å². The third kappa shape index (κ3) is 4.70. The van der Waals surface area contributed by atoms with Crippen molar-refractivity contribution in [1.29, 1.82) is 0 Å². The minimum absolute atomic E-state index is 0.401. The van der Waals surface area contributed by atoms with Gasteiger partial charge >= 0.3 is 5.97 Å². The molecule has 2 heterocycles. The fraction of sp³-hybridized carbons (Fsp3) is 0.107. The molecule has 2 aromatic heterocycles. The Bertz CT molecular complexity index is 1450. The Morgan fingerprint density at radius 2 is 1.44 bits per heavy atom. The number of benzene rings is 3. The summed E-state index contributed by atoms with van der Waals surface area (Å²) in [5.41, 5.74) is 6.04. The van der Waals surface area contributed by atoms with Gasteiger partial charge in [-0.3, -0.25) is 9.20 Å². The van der Waals surface area contributed by atoms with Crippen molar-refractivity contribution in [3.8, 4) is 17.1 Å². The van der Waals surface area contributed by atoms with Crippen LogP contribution in [0, 0.1) is 0 Å². The quantitative estimate of drug-likeness (QED) is 0.281. The van der Waals surface area contributed by atoms with Gasteiger partial charge in [0.25, 0.3) is 0 Å². The molecular weight excluding hydrogens is 446 g/mol. The normalized spacial score (nSPS) is 11.0. The Labute approximate surface area is 202 Å². The van der Waals surface area contributed by atoms with Crippen LogP contribution < -0.4 is 4.74 Å². The van der Waals surface area contributed by atoms with Crippen molar-refractivity contribution in [3.05, 3.63) is 119 Å². The summed E-state index contributed by atoms with van der Waals surface area (Å²) in [5.74, 6) is 0.00758. The van der Waals surface area contributed by atoms with E-state index in [-0.39, 0.29) is 0 Å². The number of hydrogen-bond donors (Lipinski definition) is 0. The van der Waals surface area contributed by atoms with Gasteiger partial charge in [-0.1, -0.05) is 84.4 Å². The molecule has 5 rings (SSSR count). The minimum Gasteiger partial charge on any atom is -0.407 e. The van der Waals surface area contributed by atoms with Crippen LogP contribution in [-0.4, -0.2) is 20.3 Å². The van der Waals surface area contributed by atoms with Crippen molar-refractivity contribution in [1.82, 2.24) is 14.4 Å². The molecule has 0 spiro atoms. The highest BCUT2D eigenvalue weighted by molar-refractivity contribution is 6.30. The first kappa shape index (κ1) is 21.9. The zero-order valence-electron chi connectivity index (χ0n) is 18.6. The van der Waals surface area contributed by atoms with Crippen LogP contribution >= 0.6 is 11.6 Å². The number of carbonyl (C=O) groups is 1. The van der Waals surface area contributed by atoms with Crippen LogP contribution in [-0.2, 0) is 17.6 Å². The number of hydrogen-bond acceptors (Lipinski definition) is 4. The van der Waals surface area contributed by atoms with Crippen LogP contribution in [0.1, 0.15) is 29.4 Å². The Balaban J connectivity index is 1.70. The Morgan fingerprint density at radius 3 is 2.12 bits per heavy atom. The predicted molar refractivity (Wildman–Crippen MR) is 133 cm³/mol. The van der Waals surface area contributed by atoms with E-state index in [2.05, 4.69) is 12.1 Å². The number of carbonyl (C=O) groups excluding carboxylic acids is 1. The zero-order valence-corrected chi connectivity index (χ0v) is 19.4. The van der Waals surface area contributed by atoms with Gasteiger partial charge in [-0.15, -0.1) is 0 Å². The molecule has 6 heteroatoms. The largest absolute Gasteiger partial charge is 0.407 e. The molecule has 0 saturated heterocycles. The highest BCUT2D eigenvalue weighted by Crippen LogP contribution is 2.29. The summed E-state index contributed by atoms with van der Waals surface area (Å²) in [6.45, 7) is 1.40. The van der Waals surface area contributed by atoms with E-state index >= 15 is 0 Å². The molecule has 0 aliphatic carbocycles. The molecule has 0 aliphatic rings. The Kier molecular flexibility index (Phi) is 6.11. The molecule has 3 aromatic carbocycles. The van der Waals surface area contributed by atoms with E-state index in [1.54, 1.807) is 0 Å². The highest BCUT2D eigenvalue weighted by atomic mass is 35.5. The van der Waals surface area contributed by atoms with Crippen LogP contribution in [0.2, 0.25) is 5.02 Å². The number of fused-ring (bicyclic) bond motifs is 1. The minimum atomic E-state index is -0.401. The van der Waals surface area contributed by atoms with Crippen molar-refractivity contribution in [2.24, 2.45) is 0 Å². The van der Waals surface area contributed by atoms with Crippen LogP contribution in [0.3, 0.4) is 0 Å². The molecule has 0 bridgehead atoms. The molecule has 0 aliphatic heterocycles. The smallest absolute Gasteiger partial charge is 0.309 e. The average molecular weight is 468 g/mol. The number of aromatic nitrogens is 3. The molecule has 0 amide bonds. The van der Waals surface area contributed by atoms with Gasteiger partial charge in [0, 0.05) is 36.5 Å². The molecule has 5 aromatic rings. The number of ether oxygens (including phenoxy) is 1. The van der Waals surface area contributed by atoms with Gasteiger partial charge in [0.05, 0.1) is 11.4 Å². The molecule has 0 atom stereocenters. The summed E-state index contributed by atoms with van der Waals surface area (Å²) in [4.78, 5) is 21.9. The first-order chi connectivity index (χ1) is 16.6. The molecule has 34 heavy (non-hydrogen) atoms. The molecule has 0 N–H and O–H groups in total. The Morgan fingerprint density at radius 1 is 0.824 bits per heavy atom. The summed E-state index contributed by atoms with van der Waals surface area (Å²) >= 11 is 6.06. The maximum atomic E-state index is 12.0. The van der Waals surface area contributed by atoms with Crippen molar-refractivity contribution in [3.63, 3.8) is 0 Å². The van der Waals surface area contributed by atoms with E-state index in [0.717, 1.165) is 28.1 Å². The first-order valence-corrected chi connectivity index (χ1v) is 11.4. The van der Waals surface area contributed by atoms with Gasteiger partial charge in [0.2, 0.25) is 5.88 Å². The number of esters is 1. The maximum absolute atomic E-state index is 12.0. The van der Waals surface area contributed by atoms with E-state index in [4.69, 9.17) is 26.3 Å². The van der Waals surface area contributed by atoms with Crippen LogP contribution in [0.5, 0.6) is 5.88 Å². The lowest BCUT2D eigenvalue weighted by molar-refractivity contribution is -0.132. The second kappa shape index (κ2) is 9.49. The SMILES string of the molecule is CC(=O)Oc1c(Cc2ccc(Cl)cc2)nc2c(Cc3ccccc3)nc(-c3ccccc3)cn12. The maximum Gasteiger partial charge on any atom is 0.309 e. The Hall–Kier alpha value is -3.96. The summed E-state index contributed by atoms with van der Waals surface area (Å²) < 4.78 is 7.55. The van der Waals surface area contributed by atoms with E-state index in [9.17, 15) is 4.79 Å². The second-order valence-electron chi connectivity index (χ2n) is 8.06. The fourth-order valence-electron chi connectivity index (χ4n) is 3.95. The van der Waals surface area contributed by atoms with Crippen molar-refractivity contribution >= 4 is 23.2 Å². The number of halogens is 1. The molecular formula is C28H22ClN3O2. The molecule has 0 unspecified atom stereocenters. The lowest BCUT2D eigenvalue weighted by Gasteiger charge is -2.10. The standard InChI is InChI=1S/C28H22ClN3O2/c1-19(33)34-28-25(17-21-12-14-23(29)15-13-21)31-27-24(16-20-8-4-2-5-9-20)30-26(18-32(27)28)22-10-6-3-7-11-22/h2-15,18H,16-17H2,1H3. The summed E-state index contributed by atoms with van der Waals surface area (Å²) in [5, 5.41) is 0.667. The molecule has 0 fully saturated rings. The monoisotopic (exact) mass is 467 g/mol. The zero-order chi connectivity index (χ0) is 23.5. The van der Waals surface area contributed by atoms with E-state index in [1.165, 1.54) is 6.92 Å². The summed E-state index contributed by atoms with van der Waals surface area (Å²) in [6.07, 6.45) is 2.98. The lowest BCUT2D eigenvalue weighted by atomic mass is 10.1. The first-order valence-electron chi connectivity index (χ1n) is 11.0. The second-order valence-corrected chi connectivity index (χ2v) is 8.49. The fourth-order valence-corrected chi connectivity index (χ4v) is 4.07. The van der Waals surface area contributed by atoms with Gasteiger partial charge in [-0.05, 0) is 23.3 Å². The number of imidazole rings is 1. The molecule has 0 radical (unpaired) electrons. The predicted octanol–water partition coefficient (Wildman–Crippen LogP) is 6.16. The highest BCUT2D eigenvalue weighted by Gasteiger charge is 2.21. The average Bonchev–Trinajstić information content (AvgIpc) is 3.18. The van der Waals surface area contributed by atoms with Crippen molar-refractivity contribution in [2.45, 2.75) is 19.8 Å². The van der Waals surface area contributed by atoms with Crippen LogP contribution in [0.15, 0.2) is 91.1 Å². The van der Waals surface area contributed by atoms with Crippen LogP contribution in [0.4, 0.5) is 0 Å². The van der Waals surface area contributed by atoms with E-state index in [0.29, 0.717) is 35.1 Å². The number of nitrogens with zero attached hydrogens (tertiary/aromatic N) is 3. The van der Waals surface area contributed by atoms with Crippen LogP contribution in [0.25, 0.3) is 16.9 Å².